The minimum absolute atomic E-state index is 0.0725. The molecule has 1 atom stereocenters. The second-order valence-corrected chi connectivity index (χ2v) is 11.9. The van der Waals surface area contributed by atoms with Gasteiger partial charge in [0.05, 0.1) is 23.8 Å². The summed E-state index contributed by atoms with van der Waals surface area (Å²) in [5, 5.41) is 0. The van der Waals surface area contributed by atoms with Gasteiger partial charge in [-0.15, -0.1) is 0 Å². The lowest BCUT2D eigenvalue weighted by molar-refractivity contribution is 0.0468. The molecule has 0 radical (unpaired) electrons. The smallest absolute Gasteiger partial charge is 0.150 e. The number of H-pyrrole nitrogens is 1. The lowest BCUT2D eigenvalue weighted by Gasteiger charge is -2.46. The summed E-state index contributed by atoms with van der Waals surface area (Å²) in [6.45, 7) is 5.35. The van der Waals surface area contributed by atoms with Crippen molar-refractivity contribution in [3.8, 4) is 0 Å². The number of imidazole rings is 2. The van der Waals surface area contributed by atoms with Crippen molar-refractivity contribution in [2.24, 2.45) is 4.99 Å². The van der Waals surface area contributed by atoms with E-state index < -0.39 is 0 Å². The molecular weight excluding hydrogens is 522 g/mol. The van der Waals surface area contributed by atoms with Crippen molar-refractivity contribution in [1.82, 2.24) is 34.1 Å². The number of fused-ring (bicyclic) bond motifs is 2. The summed E-state index contributed by atoms with van der Waals surface area (Å²) in [6.07, 6.45) is 19.3. The number of benzene rings is 1. The second-order valence-electron chi connectivity index (χ2n) is 11.9. The van der Waals surface area contributed by atoms with Crippen LogP contribution in [0.15, 0.2) is 90.1 Å². The summed E-state index contributed by atoms with van der Waals surface area (Å²) in [5.41, 5.74) is 14.1. The predicted octanol–water partition coefficient (Wildman–Crippen LogP) is 4.24. The van der Waals surface area contributed by atoms with E-state index in [9.17, 15) is 0 Å². The van der Waals surface area contributed by atoms with Gasteiger partial charge >= 0.3 is 0 Å². The van der Waals surface area contributed by atoms with Gasteiger partial charge < -0.3 is 10.7 Å². The van der Waals surface area contributed by atoms with Crippen LogP contribution in [0.25, 0.3) is 11.1 Å². The van der Waals surface area contributed by atoms with Gasteiger partial charge in [-0.25, -0.2) is 15.0 Å². The van der Waals surface area contributed by atoms with Crippen LogP contribution in [0.5, 0.6) is 0 Å². The predicted molar refractivity (Wildman–Crippen MR) is 165 cm³/mol. The van der Waals surface area contributed by atoms with Crippen LogP contribution in [0.3, 0.4) is 0 Å². The van der Waals surface area contributed by atoms with E-state index >= 15 is 0 Å². The number of dihydropyridines is 1. The van der Waals surface area contributed by atoms with Gasteiger partial charge in [0.1, 0.15) is 17.2 Å². The Balaban J connectivity index is 0.995. The molecular formula is C33H35N9. The third-order valence-corrected chi connectivity index (χ3v) is 9.34. The number of nitrogens with one attached hydrogen (secondary N) is 1. The molecule has 5 heterocycles. The Labute approximate surface area is 245 Å². The van der Waals surface area contributed by atoms with E-state index in [4.69, 9.17) is 15.7 Å². The van der Waals surface area contributed by atoms with Crippen LogP contribution < -0.4 is 5.73 Å². The molecule has 9 nitrogen and oxygen atoms in total. The number of aliphatic imine (C=N–C) groups is 1. The summed E-state index contributed by atoms with van der Waals surface area (Å²) in [4.78, 5) is 27.4. The lowest BCUT2D eigenvalue weighted by atomic mass is 9.78. The number of anilines is 1. The average molecular weight is 558 g/mol. The highest BCUT2D eigenvalue weighted by molar-refractivity contribution is 6.10. The van der Waals surface area contributed by atoms with Crippen molar-refractivity contribution in [3.05, 3.63) is 108 Å². The van der Waals surface area contributed by atoms with Gasteiger partial charge in [0, 0.05) is 75.4 Å². The van der Waals surface area contributed by atoms with E-state index in [2.05, 4.69) is 77.7 Å². The van der Waals surface area contributed by atoms with Crippen molar-refractivity contribution < 1.29 is 0 Å². The highest BCUT2D eigenvalue weighted by Crippen LogP contribution is 2.42. The third kappa shape index (κ3) is 4.59. The number of nitrogens with two attached hydrogens (primary N) is 1. The van der Waals surface area contributed by atoms with Crippen molar-refractivity contribution in [2.45, 2.75) is 43.8 Å². The van der Waals surface area contributed by atoms with Gasteiger partial charge in [0.25, 0.3) is 0 Å². The largest absolute Gasteiger partial charge is 0.382 e. The van der Waals surface area contributed by atoms with E-state index in [1.165, 1.54) is 16.8 Å². The Morgan fingerprint density at radius 2 is 1.86 bits per heavy atom. The van der Waals surface area contributed by atoms with Crippen LogP contribution >= 0.6 is 0 Å². The quantitative estimate of drug-likeness (QED) is 0.368. The van der Waals surface area contributed by atoms with Crippen LogP contribution in [0.1, 0.15) is 48.0 Å². The number of hydrogen-bond acceptors (Lipinski definition) is 7. The van der Waals surface area contributed by atoms with Crippen LogP contribution in [0.2, 0.25) is 0 Å². The first kappa shape index (κ1) is 25.4. The second kappa shape index (κ2) is 10.5. The SMILES string of the molecule is Nc1nccn2c(C3CC(N4CCN(Cc5cnc[nH]5)CC4)C3)nc(C3=CC=C4C=CC(c5ccccc5)=NC4C3)c12. The number of aromatic amines is 1. The van der Waals surface area contributed by atoms with Crippen LogP contribution in [-0.4, -0.2) is 78.1 Å². The summed E-state index contributed by atoms with van der Waals surface area (Å²) in [7, 11) is 0. The number of nitrogen functional groups attached to an aromatic ring is 1. The molecule has 1 saturated heterocycles. The third-order valence-electron chi connectivity index (χ3n) is 9.34. The molecule has 0 amide bonds. The minimum atomic E-state index is 0.0725. The van der Waals surface area contributed by atoms with Gasteiger partial charge in [-0.1, -0.05) is 48.6 Å². The number of aromatic nitrogens is 5. The summed E-state index contributed by atoms with van der Waals surface area (Å²) < 4.78 is 2.19. The van der Waals surface area contributed by atoms with E-state index in [1.807, 2.05) is 18.5 Å². The molecule has 9 heteroatoms. The molecule has 1 unspecified atom stereocenters. The molecule has 3 N–H and O–H groups in total. The Kier molecular flexibility index (Phi) is 6.34. The molecule has 4 aromatic rings. The molecule has 2 aliphatic heterocycles. The van der Waals surface area contributed by atoms with Gasteiger partial charge in [0.15, 0.2) is 0 Å². The van der Waals surface area contributed by atoms with Crippen molar-refractivity contribution in [3.63, 3.8) is 0 Å². The molecule has 2 fully saturated rings. The summed E-state index contributed by atoms with van der Waals surface area (Å²) >= 11 is 0. The van der Waals surface area contributed by atoms with E-state index in [0.717, 1.165) is 80.3 Å². The number of nitrogens with zero attached hydrogens (tertiary/aromatic N) is 7. The highest BCUT2D eigenvalue weighted by Gasteiger charge is 2.39. The monoisotopic (exact) mass is 557 g/mol. The number of piperazine rings is 1. The topological polar surface area (TPSA) is 104 Å². The fraction of sp³-hybridized carbons (Fsp3) is 0.333. The van der Waals surface area contributed by atoms with Crippen LogP contribution in [-0.2, 0) is 6.54 Å². The molecule has 42 heavy (non-hydrogen) atoms. The standard InChI is InChI=1S/C33H35N9/c34-32-31-30(24-7-6-23-8-9-28(38-29(23)18-24)22-4-2-1-3-5-22)39-33(42(31)11-10-36-32)25-16-27(17-25)41-14-12-40(13-15-41)20-26-19-35-21-37-26/h1-11,19,21,25,27,29H,12-18,20H2,(H2,34,36)(H,35,37). The molecule has 1 saturated carbocycles. The Bertz CT molecular complexity index is 1710. The molecule has 4 aliphatic rings. The first-order valence-corrected chi connectivity index (χ1v) is 15.0. The van der Waals surface area contributed by atoms with E-state index in [-0.39, 0.29) is 6.04 Å². The van der Waals surface area contributed by atoms with Crippen molar-refractivity contribution in [1.29, 1.82) is 0 Å². The zero-order valence-corrected chi connectivity index (χ0v) is 23.6. The van der Waals surface area contributed by atoms with Crippen LogP contribution in [0, 0.1) is 0 Å². The first-order valence-electron chi connectivity index (χ1n) is 15.0. The zero-order valence-electron chi connectivity index (χ0n) is 23.6. The minimum Gasteiger partial charge on any atom is -0.382 e. The molecule has 212 valence electrons. The van der Waals surface area contributed by atoms with Gasteiger partial charge in [-0.3, -0.25) is 19.2 Å². The lowest BCUT2D eigenvalue weighted by Crippen LogP contribution is -2.53. The molecule has 3 aromatic heterocycles. The summed E-state index contributed by atoms with van der Waals surface area (Å²) in [6, 6.07) is 11.1. The van der Waals surface area contributed by atoms with E-state index in [0.29, 0.717) is 17.8 Å². The fourth-order valence-electron chi connectivity index (χ4n) is 6.92. The van der Waals surface area contributed by atoms with Gasteiger partial charge in [0.2, 0.25) is 0 Å². The molecule has 2 aliphatic carbocycles. The number of hydrogen-bond donors (Lipinski definition) is 2. The maximum atomic E-state index is 6.50. The Morgan fingerprint density at radius 1 is 1.00 bits per heavy atom. The normalized spacial score (nSPS) is 24.6. The fourth-order valence-corrected chi connectivity index (χ4v) is 6.92. The first-order chi connectivity index (χ1) is 20.7. The Hall–Kier alpha value is -4.34. The van der Waals surface area contributed by atoms with Gasteiger partial charge in [-0.2, -0.15) is 0 Å². The molecule has 0 bridgehead atoms. The maximum absolute atomic E-state index is 6.50. The molecule has 8 rings (SSSR count). The zero-order chi connectivity index (χ0) is 28.0. The summed E-state index contributed by atoms with van der Waals surface area (Å²) in [5.74, 6) is 2.05. The Morgan fingerprint density at radius 3 is 2.67 bits per heavy atom. The van der Waals surface area contributed by atoms with Gasteiger partial charge in [-0.05, 0) is 35.6 Å². The van der Waals surface area contributed by atoms with E-state index in [1.54, 1.807) is 12.5 Å². The van der Waals surface area contributed by atoms with Crippen molar-refractivity contribution in [2.75, 3.05) is 31.9 Å². The molecule has 1 aromatic carbocycles. The highest BCUT2D eigenvalue weighted by atomic mass is 15.3. The number of allylic oxidation sites excluding steroid dienone is 3. The number of rotatable bonds is 6. The molecule has 0 spiro atoms. The average Bonchev–Trinajstić information content (AvgIpc) is 3.66. The maximum Gasteiger partial charge on any atom is 0.150 e. The van der Waals surface area contributed by atoms with Crippen LogP contribution in [0.4, 0.5) is 5.82 Å². The van der Waals surface area contributed by atoms with Crippen molar-refractivity contribution >= 4 is 22.6 Å².